The lowest BCUT2D eigenvalue weighted by Crippen LogP contribution is -2.13. The first-order chi connectivity index (χ1) is 12.0. The van der Waals surface area contributed by atoms with Crippen LogP contribution in [0.5, 0.6) is 5.75 Å². The molecule has 3 rings (SSSR count). The number of aryl methyl sites for hydroxylation is 2. The highest BCUT2D eigenvalue weighted by atomic mass is 35.5. The highest BCUT2D eigenvalue weighted by Gasteiger charge is 2.18. The number of halogens is 1. The van der Waals surface area contributed by atoms with Crippen molar-refractivity contribution in [1.82, 2.24) is 10.2 Å². The van der Waals surface area contributed by atoms with Crippen LogP contribution in [0.25, 0.3) is 11.5 Å². The largest absolute Gasteiger partial charge is 0.497 e. The molecule has 0 aliphatic heterocycles. The number of methoxy groups -OCH3 is 1. The van der Waals surface area contributed by atoms with Gasteiger partial charge in [0.15, 0.2) is 0 Å². The number of nitrogens with one attached hydrogen (secondary N) is 1. The topological polar surface area (TPSA) is 77.2 Å². The van der Waals surface area contributed by atoms with Crippen LogP contribution in [0.1, 0.15) is 21.8 Å². The van der Waals surface area contributed by atoms with Crippen LogP contribution >= 0.6 is 11.6 Å². The van der Waals surface area contributed by atoms with Crippen LogP contribution < -0.4 is 10.1 Å². The SMILES string of the molecule is COc1cccc(-c2nnc(C(=O)Nc3c(C)cc(C)cc3Cl)o2)c1. The number of anilines is 1. The van der Waals surface area contributed by atoms with E-state index in [1.165, 1.54) is 0 Å². The highest BCUT2D eigenvalue weighted by Crippen LogP contribution is 2.28. The Kier molecular flexibility index (Phi) is 4.72. The Bertz CT molecular complexity index is 914. The highest BCUT2D eigenvalue weighted by molar-refractivity contribution is 6.34. The van der Waals surface area contributed by atoms with Crippen LogP contribution in [-0.4, -0.2) is 23.2 Å². The smallest absolute Gasteiger partial charge is 0.313 e. The summed E-state index contributed by atoms with van der Waals surface area (Å²) in [7, 11) is 1.57. The molecular weight excluding hydrogens is 342 g/mol. The standard InChI is InChI=1S/C18H16ClN3O3/c1-10-7-11(2)15(14(19)8-10)20-16(23)18-22-21-17(25-18)12-5-4-6-13(9-12)24-3/h4-9H,1-3H3,(H,20,23). The van der Waals surface area contributed by atoms with Crippen molar-refractivity contribution in [2.75, 3.05) is 12.4 Å². The maximum Gasteiger partial charge on any atom is 0.313 e. The Labute approximate surface area is 149 Å². The number of aromatic nitrogens is 2. The van der Waals surface area contributed by atoms with Crippen LogP contribution in [0.15, 0.2) is 40.8 Å². The fourth-order valence-electron chi connectivity index (χ4n) is 2.43. The van der Waals surface area contributed by atoms with Crippen LogP contribution in [0.2, 0.25) is 5.02 Å². The average molecular weight is 358 g/mol. The van der Waals surface area contributed by atoms with Gasteiger partial charge >= 0.3 is 11.8 Å². The first-order valence-corrected chi connectivity index (χ1v) is 7.91. The van der Waals surface area contributed by atoms with Crippen LogP contribution in [-0.2, 0) is 0 Å². The molecule has 3 aromatic rings. The number of carbonyl (C=O) groups is 1. The van der Waals surface area contributed by atoms with Crippen molar-refractivity contribution in [2.45, 2.75) is 13.8 Å². The maximum absolute atomic E-state index is 12.4. The van der Waals surface area contributed by atoms with E-state index in [9.17, 15) is 4.79 Å². The van der Waals surface area contributed by atoms with E-state index in [0.29, 0.717) is 22.0 Å². The summed E-state index contributed by atoms with van der Waals surface area (Å²) in [5.41, 5.74) is 3.05. The Morgan fingerprint density at radius 1 is 1.20 bits per heavy atom. The number of amides is 1. The Balaban J connectivity index is 1.84. The molecule has 0 saturated carbocycles. The molecular formula is C18H16ClN3O3. The number of nitrogens with zero attached hydrogens (tertiary/aromatic N) is 2. The summed E-state index contributed by atoms with van der Waals surface area (Å²) in [5.74, 6) is 0.226. The zero-order valence-electron chi connectivity index (χ0n) is 14.0. The molecule has 1 amide bonds. The monoisotopic (exact) mass is 357 g/mol. The van der Waals surface area contributed by atoms with Crippen LogP contribution in [0.4, 0.5) is 5.69 Å². The summed E-state index contributed by atoms with van der Waals surface area (Å²) in [5, 5.41) is 10.9. The lowest BCUT2D eigenvalue weighted by Gasteiger charge is -2.09. The summed E-state index contributed by atoms with van der Waals surface area (Å²) in [6.45, 7) is 3.80. The number of hydrogen-bond acceptors (Lipinski definition) is 5. The molecule has 1 N–H and O–H groups in total. The van der Waals surface area contributed by atoms with Gasteiger partial charge in [-0.05, 0) is 49.2 Å². The molecule has 0 spiro atoms. The molecule has 0 atom stereocenters. The fraction of sp³-hybridized carbons (Fsp3) is 0.167. The number of rotatable bonds is 4. The van der Waals surface area contributed by atoms with Crippen molar-refractivity contribution in [3.8, 4) is 17.2 Å². The summed E-state index contributed by atoms with van der Waals surface area (Å²) < 4.78 is 10.6. The molecule has 128 valence electrons. The molecule has 0 fully saturated rings. The zero-order chi connectivity index (χ0) is 18.0. The summed E-state index contributed by atoms with van der Waals surface area (Å²) in [6, 6.07) is 10.8. The van der Waals surface area contributed by atoms with E-state index >= 15 is 0 Å². The minimum Gasteiger partial charge on any atom is -0.497 e. The van der Waals surface area contributed by atoms with E-state index in [1.807, 2.05) is 19.9 Å². The second kappa shape index (κ2) is 6.94. The van der Waals surface area contributed by atoms with Gasteiger partial charge in [-0.1, -0.05) is 23.7 Å². The normalized spacial score (nSPS) is 10.6. The second-order valence-corrected chi connectivity index (χ2v) is 5.94. The van der Waals surface area contributed by atoms with Crippen molar-refractivity contribution in [3.63, 3.8) is 0 Å². The number of benzene rings is 2. The van der Waals surface area contributed by atoms with Crippen molar-refractivity contribution in [2.24, 2.45) is 0 Å². The van der Waals surface area contributed by atoms with Gasteiger partial charge in [-0.2, -0.15) is 0 Å². The predicted octanol–water partition coefficient (Wildman–Crippen LogP) is 4.27. The van der Waals surface area contributed by atoms with Gasteiger partial charge in [0.1, 0.15) is 5.75 Å². The molecule has 0 aliphatic carbocycles. The number of ether oxygens (including phenoxy) is 1. The van der Waals surface area contributed by atoms with Crippen LogP contribution in [0.3, 0.4) is 0 Å². The van der Waals surface area contributed by atoms with E-state index in [1.54, 1.807) is 37.4 Å². The maximum atomic E-state index is 12.4. The Hall–Kier alpha value is -2.86. The lowest BCUT2D eigenvalue weighted by molar-refractivity contribution is 0.0990. The molecule has 7 heteroatoms. The molecule has 1 heterocycles. The summed E-state index contributed by atoms with van der Waals surface area (Å²) >= 11 is 6.21. The van der Waals surface area contributed by atoms with Crippen molar-refractivity contribution in [1.29, 1.82) is 0 Å². The summed E-state index contributed by atoms with van der Waals surface area (Å²) in [6.07, 6.45) is 0. The number of hydrogen-bond donors (Lipinski definition) is 1. The van der Waals surface area contributed by atoms with Crippen LogP contribution in [0, 0.1) is 13.8 Å². The molecule has 0 unspecified atom stereocenters. The van der Waals surface area contributed by atoms with Gasteiger partial charge in [0.05, 0.1) is 17.8 Å². The van der Waals surface area contributed by atoms with E-state index < -0.39 is 5.91 Å². The zero-order valence-corrected chi connectivity index (χ0v) is 14.7. The van der Waals surface area contributed by atoms with Crippen molar-refractivity contribution in [3.05, 3.63) is 58.4 Å². The van der Waals surface area contributed by atoms with E-state index in [-0.39, 0.29) is 11.8 Å². The molecule has 0 aliphatic rings. The van der Waals surface area contributed by atoms with Gasteiger partial charge in [-0.25, -0.2) is 0 Å². The third kappa shape index (κ3) is 3.64. The molecule has 2 aromatic carbocycles. The van der Waals surface area contributed by atoms with Gasteiger partial charge in [-0.15, -0.1) is 10.2 Å². The minimum atomic E-state index is -0.518. The molecule has 0 saturated heterocycles. The van der Waals surface area contributed by atoms with Gasteiger partial charge in [0, 0.05) is 5.56 Å². The first kappa shape index (κ1) is 17.0. The average Bonchev–Trinajstić information content (AvgIpc) is 3.08. The lowest BCUT2D eigenvalue weighted by atomic mass is 10.1. The third-order valence-corrected chi connectivity index (χ3v) is 3.90. The molecule has 25 heavy (non-hydrogen) atoms. The van der Waals surface area contributed by atoms with Gasteiger partial charge in [-0.3, -0.25) is 4.79 Å². The van der Waals surface area contributed by atoms with Gasteiger partial charge in [0.25, 0.3) is 0 Å². The Morgan fingerprint density at radius 2 is 2.00 bits per heavy atom. The van der Waals surface area contributed by atoms with E-state index in [4.69, 9.17) is 20.8 Å². The number of carbonyl (C=O) groups excluding carboxylic acids is 1. The van der Waals surface area contributed by atoms with Crippen molar-refractivity contribution >= 4 is 23.2 Å². The van der Waals surface area contributed by atoms with Crippen molar-refractivity contribution < 1.29 is 13.9 Å². The minimum absolute atomic E-state index is 0.145. The molecule has 0 radical (unpaired) electrons. The fourth-order valence-corrected chi connectivity index (χ4v) is 2.80. The van der Waals surface area contributed by atoms with Gasteiger partial charge < -0.3 is 14.5 Å². The Morgan fingerprint density at radius 3 is 2.72 bits per heavy atom. The second-order valence-electron chi connectivity index (χ2n) is 5.54. The predicted molar refractivity (Wildman–Crippen MR) is 95.2 cm³/mol. The molecule has 0 bridgehead atoms. The van der Waals surface area contributed by atoms with E-state index in [0.717, 1.165) is 11.1 Å². The quantitative estimate of drug-likeness (QED) is 0.754. The summed E-state index contributed by atoms with van der Waals surface area (Å²) in [4.78, 5) is 12.4. The molecule has 6 nitrogen and oxygen atoms in total. The van der Waals surface area contributed by atoms with Gasteiger partial charge in [0.2, 0.25) is 5.89 Å². The molecule has 1 aromatic heterocycles. The third-order valence-electron chi connectivity index (χ3n) is 3.61. The first-order valence-electron chi connectivity index (χ1n) is 7.54. The van der Waals surface area contributed by atoms with E-state index in [2.05, 4.69) is 15.5 Å².